The number of carbonyl (C=O) groups is 2. The molecule has 0 atom stereocenters. The lowest BCUT2D eigenvalue weighted by molar-refractivity contribution is 0.0600. The molecule has 0 heterocycles. The largest absolute Gasteiger partial charge is 0.497 e. The van der Waals surface area contributed by atoms with Gasteiger partial charge in [0, 0.05) is 10.2 Å². The number of methoxy groups -OCH3 is 2. The second kappa shape index (κ2) is 7.48. The first-order valence-corrected chi connectivity index (χ1v) is 7.66. The van der Waals surface area contributed by atoms with Gasteiger partial charge in [0.15, 0.2) is 0 Å². The molecule has 2 aromatic rings. The van der Waals surface area contributed by atoms with Crippen molar-refractivity contribution >= 4 is 45.1 Å². The average molecular weight is 399 g/mol. The van der Waals surface area contributed by atoms with E-state index in [0.29, 0.717) is 21.5 Å². The predicted molar refractivity (Wildman–Crippen MR) is 91.4 cm³/mol. The molecule has 1 amide bonds. The first kappa shape index (κ1) is 17.3. The van der Waals surface area contributed by atoms with Gasteiger partial charge < -0.3 is 14.8 Å². The summed E-state index contributed by atoms with van der Waals surface area (Å²) >= 11 is 9.27. The molecule has 0 fully saturated rings. The number of anilines is 1. The summed E-state index contributed by atoms with van der Waals surface area (Å²) in [6, 6.07) is 9.63. The van der Waals surface area contributed by atoms with Crippen molar-refractivity contribution in [3.63, 3.8) is 0 Å². The van der Waals surface area contributed by atoms with Gasteiger partial charge in [0.2, 0.25) is 0 Å². The van der Waals surface area contributed by atoms with Crippen LogP contribution in [0.3, 0.4) is 0 Å². The Kier molecular flexibility index (Phi) is 5.63. The summed E-state index contributed by atoms with van der Waals surface area (Å²) in [6.07, 6.45) is 0. The quantitative estimate of drug-likeness (QED) is 0.786. The van der Waals surface area contributed by atoms with E-state index in [9.17, 15) is 9.59 Å². The molecule has 0 aliphatic rings. The van der Waals surface area contributed by atoms with Gasteiger partial charge in [0.25, 0.3) is 5.91 Å². The number of hydrogen-bond donors (Lipinski definition) is 1. The highest BCUT2D eigenvalue weighted by molar-refractivity contribution is 9.10. The summed E-state index contributed by atoms with van der Waals surface area (Å²) in [5, 5.41) is 2.95. The van der Waals surface area contributed by atoms with Crippen LogP contribution in [0.15, 0.2) is 40.9 Å². The average Bonchev–Trinajstić information content (AvgIpc) is 2.56. The number of rotatable bonds is 4. The molecule has 0 bridgehead atoms. The molecule has 0 unspecified atom stereocenters. The van der Waals surface area contributed by atoms with Gasteiger partial charge in [-0.25, -0.2) is 4.79 Å². The number of halogens is 2. The maximum Gasteiger partial charge on any atom is 0.339 e. The van der Waals surface area contributed by atoms with Crippen molar-refractivity contribution in [2.75, 3.05) is 19.5 Å². The van der Waals surface area contributed by atoms with E-state index in [1.54, 1.807) is 24.3 Å². The van der Waals surface area contributed by atoms with Gasteiger partial charge in [-0.1, -0.05) is 11.6 Å². The van der Waals surface area contributed by atoms with E-state index in [1.807, 2.05) is 0 Å². The van der Waals surface area contributed by atoms with Crippen molar-refractivity contribution in [2.24, 2.45) is 0 Å². The van der Waals surface area contributed by atoms with Crippen LogP contribution in [-0.4, -0.2) is 26.1 Å². The summed E-state index contributed by atoms with van der Waals surface area (Å²) in [5.74, 6) is -0.368. The second-order valence-corrected chi connectivity index (χ2v) is 5.75. The summed E-state index contributed by atoms with van der Waals surface area (Å²) in [5.41, 5.74) is 1.00. The van der Waals surface area contributed by atoms with Gasteiger partial charge in [0.05, 0.1) is 30.4 Å². The van der Waals surface area contributed by atoms with E-state index < -0.39 is 5.97 Å². The fourth-order valence-electron chi connectivity index (χ4n) is 1.87. The number of hydrogen-bond acceptors (Lipinski definition) is 4. The number of esters is 1. The van der Waals surface area contributed by atoms with Crippen LogP contribution in [-0.2, 0) is 4.74 Å². The van der Waals surface area contributed by atoms with Gasteiger partial charge >= 0.3 is 5.97 Å². The van der Waals surface area contributed by atoms with Crippen LogP contribution >= 0.6 is 27.5 Å². The van der Waals surface area contributed by atoms with Gasteiger partial charge in [-0.05, 0) is 52.3 Å². The minimum Gasteiger partial charge on any atom is -0.497 e. The molecule has 23 heavy (non-hydrogen) atoms. The molecule has 0 aliphatic heterocycles. The second-order valence-electron chi connectivity index (χ2n) is 4.49. The van der Waals surface area contributed by atoms with E-state index in [1.165, 1.54) is 26.4 Å². The minimum atomic E-state index is -0.575. The zero-order valence-corrected chi connectivity index (χ0v) is 14.7. The van der Waals surface area contributed by atoms with E-state index in [-0.39, 0.29) is 16.5 Å². The van der Waals surface area contributed by atoms with Crippen molar-refractivity contribution in [1.29, 1.82) is 0 Å². The third-order valence-electron chi connectivity index (χ3n) is 3.05. The van der Waals surface area contributed by atoms with Crippen molar-refractivity contribution < 1.29 is 19.1 Å². The standard InChI is InChI=1S/C16H13BrClNO4/c1-22-10-4-5-13(17)11(8-10)15(20)19-9-3-6-14(18)12(7-9)16(21)23-2/h3-8H,1-2H3,(H,19,20). The molecule has 120 valence electrons. The molecular weight excluding hydrogens is 386 g/mol. The summed E-state index contributed by atoms with van der Waals surface area (Å²) < 4.78 is 10.4. The third kappa shape index (κ3) is 4.03. The lowest BCUT2D eigenvalue weighted by Gasteiger charge is -2.10. The first-order valence-electron chi connectivity index (χ1n) is 6.49. The van der Waals surface area contributed by atoms with Crippen LogP contribution in [0.25, 0.3) is 0 Å². The fourth-order valence-corrected chi connectivity index (χ4v) is 2.49. The van der Waals surface area contributed by atoms with Crippen LogP contribution in [0.5, 0.6) is 5.75 Å². The predicted octanol–water partition coefficient (Wildman–Crippen LogP) is 4.15. The van der Waals surface area contributed by atoms with Crippen LogP contribution < -0.4 is 10.1 Å². The molecule has 0 saturated heterocycles. The van der Waals surface area contributed by atoms with Crippen LogP contribution in [0.2, 0.25) is 5.02 Å². The molecule has 0 aliphatic carbocycles. The van der Waals surface area contributed by atoms with Crippen molar-refractivity contribution in [2.45, 2.75) is 0 Å². The highest BCUT2D eigenvalue weighted by Crippen LogP contribution is 2.25. The van der Waals surface area contributed by atoms with Gasteiger partial charge in [-0.2, -0.15) is 0 Å². The van der Waals surface area contributed by atoms with E-state index in [2.05, 4.69) is 26.0 Å². The van der Waals surface area contributed by atoms with Crippen molar-refractivity contribution in [3.8, 4) is 5.75 Å². The Morgan fingerprint density at radius 2 is 1.83 bits per heavy atom. The SMILES string of the molecule is COC(=O)c1cc(NC(=O)c2cc(OC)ccc2Br)ccc1Cl. The molecule has 5 nitrogen and oxygen atoms in total. The van der Waals surface area contributed by atoms with Crippen LogP contribution in [0.4, 0.5) is 5.69 Å². The Balaban J connectivity index is 2.29. The number of benzene rings is 2. The number of ether oxygens (including phenoxy) is 2. The maximum absolute atomic E-state index is 12.4. The van der Waals surface area contributed by atoms with E-state index in [4.69, 9.17) is 16.3 Å². The molecule has 0 saturated carbocycles. The van der Waals surface area contributed by atoms with Crippen LogP contribution in [0.1, 0.15) is 20.7 Å². The lowest BCUT2D eigenvalue weighted by atomic mass is 10.1. The Morgan fingerprint density at radius 3 is 2.48 bits per heavy atom. The highest BCUT2D eigenvalue weighted by Gasteiger charge is 2.15. The molecule has 0 spiro atoms. The Hall–Kier alpha value is -2.05. The van der Waals surface area contributed by atoms with Gasteiger partial charge in [-0.3, -0.25) is 4.79 Å². The van der Waals surface area contributed by atoms with Crippen molar-refractivity contribution in [3.05, 3.63) is 57.0 Å². The van der Waals surface area contributed by atoms with Crippen molar-refractivity contribution in [1.82, 2.24) is 0 Å². The van der Waals surface area contributed by atoms with Gasteiger partial charge in [0.1, 0.15) is 5.75 Å². The molecule has 0 radical (unpaired) electrons. The molecular formula is C16H13BrClNO4. The number of carbonyl (C=O) groups excluding carboxylic acids is 2. The molecule has 2 rings (SSSR count). The Bertz CT molecular complexity index is 764. The smallest absolute Gasteiger partial charge is 0.339 e. The number of amides is 1. The summed E-state index contributed by atoms with van der Waals surface area (Å²) in [7, 11) is 2.78. The zero-order chi connectivity index (χ0) is 17.0. The van der Waals surface area contributed by atoms with Crippen LogP contribution in [0, 0.1) is 0 Å². The summed E-state index contributed by atoms with van der Waals surface area (Å²) in [6.45, 7) is 0. The van der Waals surface area contributed by atoms with E-state index >= 15 is 0 Å². The Morgan fingerprint density at radius 1 is 1.09 bits per heavy atom. The third-order valence-corrected chi connectivity index (χ3v) is 4.07. The topological polar surface area (TPSA) is 64.6 Å². The Labute approximate surface area is 146 Å². The molecule has 2 aromatic carbocycles. The lowest BCUT2D eigenvalue weighted by Crippen LogP contribution is -2.13. The monoisotopic (exact) mass is 397 g/mol. The normalized spacial score (nSPS) is 10.1. The molecule has 1 N–H and O–H groups in total. The minimum absolute atomic E-state index is 0.177. The number of nitrogens with one attached hydrogen (secondary N) is 1. The zero-order valence-electron chi connectivity index (χ0n) is 12.4. The fraction of sp³-hybridized carbons (Fsp3) is 0.125. The first-order chi connectivity index (χ1) is 11.0. The highest BCUT2D eigenvalue weighted by atomic mass is 79.9. The maximum atomic E-state index is 12.4. The molecule has 0 aromatic heterocycles. The molecule has 7 heteroatoms. The van der Waals surface area contributed by atoms with E-state index in [0.717, 1.165) is 0 Å². The van der Waals surface area contributed by atoms with Gasteiger partial charge in [-0.15, -0.1) is 0 Å². The summed E-state index contributed by atoms with van der Waals surface area (Å²) in [4.78, 5) is 24.0.